The van der Waals surface area contributed by atoms with Crippen molar-refractivity contribution in [1.29, 1.82) is 0 Å². The number of hydrogen-bond acceptors (Lipinski definition) is 5. The number of rotatable bonds is 6. The van der Waals surface area contributed by atoms with Crippen molar-refractivity contribution in [1.82, 2.24) is 14.9 Å². The van der Waals surface area contributed by atoms with Gasteiger partial charge in [-0.05, 0) is 32.9 Å². The Kier molecular flexibility index (Phi) is 4.82. The van der Waals surface area contributed by atoms with Crippen molar-refractivity contribution in [2.45, 2.75) is 44.2 Å². The van der Waals surface area contributed by atoms with Crippen LogP contribution < -0.4 is 0 Å². The van der Waals surface area contributed by atoms with Crippen LogP contribution >= 0.6 is 11.8 Å². The third-order valence-corrected chi connectivity index (χ3v) is 4.07. The smallest absolute Gasteiger partial charge is 0.305 e. The molecular weight excluding hydrogens is 290 g/mol. The molecule has 0 radical (unpaired) electrons. The average Bonchev–Trinajstić information content (AvgIpc) is 3.21. The summed E-state index contributed by atoms with van der Waals surface area (Å²) < 4.78 is 0. The van der Waals surface area contributed by atoms with Crippen molar-refractivity contribution in [3.63, 3.8) is 0 Å². The van der Waals surface area contributed by atoms with Crippen molar-refractivity contribution < 1.29 is 14.7 Å². The van der Waals surface area contributed by atoms with Crippen LogP contribution in [0.2, 0.25) is 0 Å². The van der Waals surface area contributed by atoms with Crippen LogP contribution in [0.4, 0.5) is 0 Å². The molecule has 114 valence electrons. The Labute approximate surface area is 128 Å². The highest BCUT2D eigenvalue weighted by Gasteiger charge is 2.35. The number of carboxylic acids is 1. The Morgan fingerprint density at radius 1 is 1.33 bits per heavy atom. The molecule has 0 spiro atoms. The van der Waals surface area contributed by atoms with Crippen LogP contribution in [0, 0.1) is 13.8 Å². The molecule has 1 aliphatic rings. The van der Waals surface area contributed by atoms with Crippen molar-refractivity contribution in [3.05, 3.63) is 17.1 Å². The largest absolute Gasteiger partial charge is 0.481 e. The second-order valence-corrected chi connectivity index (χ2v) is 5.91. The molecule has 0 aromatic carbocycles. The van der Waals surface area contributed by atoms with E-state index in [0.29, 0.717) is 22.1 Å². The van der Waals surface area contributed by atoms with Crippen LogP contribution in [0.5, 0.6) is 0 Å². The molecule has 1 N–H and O–H groups in total. The highest BCUT2D eigenvalue weighted by atomic mass is 32.2. The van der Waals surface area contributed by atoms with Crippen molar-refractivity contribution in [2.75, 3.05) is 12.8 Å². The van der Waals surface area contributed by atoms with Crippen LogP contribution in [0.3, 0.4) is 0 Å². The number of aliphatic carboxylic acids is 1. The average molecular weight is 309 g/mol. The van der Waals surface area contributed by atoms with Gasteiger partial charge in [0.25, 0.3) is 5.91 Å². The lowest BCUT2D eigenvalue weighted by Crippen LogP contribution is -2.36. The Morgan fingerprint density at radius 3 is 2.52 bits per heavy atom. The molecule has 0 bridgehead atoms. The molecule has 1 amide bonds. The molecule has 6 nitrogen and oxygen atoms in total. The number of aryl methyl sites for hydroxylation is 2. The molecule has 0 unspecified atom stereocenters. The molecule has 7 heteroatoms. The second kappa shape index (κ2) is 6.43. The third-order valence-electron chi connectivity index (χ3n) is 3.39. The zero-order valence-electron chi connectivity index (χ0n) is 12.4. The van der Waals surface area contributed by atoms with E-state index in [9.17, 15) is 9.59 Å². The minimum absolute atomic E-state index is 0.0391. The fraction of sp³-hybridized carbons (Fsp3) is 0.571. The van der Waals surface area contributed by atoms with E-state index < -0.39 is 5.97 Å². The number of thioether (sulfide) groups is 1. The standard InChI is InChI=1S/C14H19N3O3S/c1-8-12(13(21-3)16-9(2)15-8)14(20)17(10-4-5-10)7-6-11(18)19/h10H,4-7H2,1-3H3,(H,18,19). The molecule has 0 atom stereocenters. The summed E-state index contributed by atoms with van der Waals surface area (Å²) in [5.41, 5.74) is 1.16. The number of aromatic nitrogens is 2. The molecule has 1 aromatic rings. The van der Waals surface area contributed by atoms with Crippen LogP contribution in [-0.2, 0) is 4.79 Å². The van der Waals surface area contributed by atoms with Crippen LogP contribution in [0.1, 0.15) is 41.1 Å². The van der Waals surface area contributed by atoms with Gasteiger partial charge >= 0.3 is 5.97 Å². The van der Waals surface area contributed by atoms with Gasteiger partial charge < -0.3 is 10.0 Å². The van der Waals surface area contributed by atoms with E-state index in [4.69, 9.17) is 5.11 Å². The third kappa shape index (κ3) is 3.72. The first-order valence-electron chi connectivity index (χ1n) is 6.86. The van der Waals surface area contributed by atoms with Crippen LogP contribution in [0.25, 0.3) is 0 Å². The monoisotopic (exact) mass is 309 g/mol. The number of carbonyl (C=O) groups is 2. The van der Waals surface area contributed by atoms with Gasteiger partial charge in [0.2, 0.25) is 0 Å². The first kappa shape index (κ1) is 15.8. The molecule has 1 aliphatic carbocycles. The van der Waals surface area contributed by atoms with Gasteiger partial charge in [-0.1, -0.05) is 0 Å². The van der Waals surface area contributed by atoms with Crippen LogP contribution in [0.15, 0.2) is 5.03 Å². The van der Waals surface area contributed by atoms with Gasteiger partial charge in [-0.3, -0.25) is 9.59 Å². The number of carbonyl (C=O) groups excluding carboxylic acids is 1. The summed E-state index contributed by atoms with van der Waals surface area (Å²) in [6.07, 6.45) is 3.71. The fourth-order valence-electron chi connectivity index (χ4n) is 2.27. The van der Waals surface area contributed by atoms with E-state index in [2.05, 4.69) is 9.97 Å². The van der Waals surface area contributed by atoms with Crippen molar-refractivity contribution >= 4 is 23.6 Å². The van der Waals surface area contributed by atoms with E-state index in [-0.39, 0.29) is 24.9 Å². The molecule has 1 fully saturated rings. The lowest BCUT2D eigenvalue weighted by Gasteiger charge is -2.23. The summed E-state index contributed by atoms with van der Waals surface area (Å²) in [7, 11) is 0. The molecule has 1 heterocycles. The van der Waals surface area contributed by atoms with E-state index >= 15 is 0 Å². The second-order valence-electron chi connectivity index (χ2n) is 5.11. The summed E-state index contributed by atoms with van der Waals surface area (Å²) in [6.45, 7) is 3.83. The molecule has 0 aliphatic heterocycles. The van der Waals surface area contributed by atoms with Crippen molar-refractivity contribution in [3.8, 4) is 0 Å². The fourth-order valence-corrected chi connectivity index (χ4v) is 2.93. The first-order chi connectivity index (χ1) is 9.93. The molecule has 1 saturated carbocycles. The predicted molar refractivity (Wildman–Crippen MR) is 79.6 cm³/mol. The summed E-state index contributed by atoms with van der Waals surface area (Å²) in [4.78, 5) is 33.8. The summed E-state index contributed by atoms with van der Waals surface area (Å²) in [5.74, 6) is -0.409. The molecule has 2 rings (SSSR count). The maximum Gasteiger partial charge on any atom is 0.305 e. The molecular formula is C14H19N3O3S. The number of hydrogen-bond donors (Lipinski definition) is 1. The Morgan fingerprint density at radius 2 is 2.00 bits per heavy atom. The zero-order valence-corrected chi connectivity index (χ0v) is 13.2. The lowest BCUT2D eigenvalue weighted by molar-refractivity contribution is -0.137. The number of nitrogens with zero attached hydrogens (tertiary/aromatic N) is 3. The topological polar surface area (TPSA) is 83.4 Å². The van der Waals surface area contributed by atoms with Gasteiger partial charge in [-0.25, -0.2) is 9.97 Å². The Balaban J connectivity index is 2.30. The summed E-state index contributed by atoms with van der Waals surface area (Å²) >= 11 is 1.41. The van der Waals surface area contributed by atoms with E-state index in [1.54, 1.807) is 18.7 Å². The first-order valence-corrected chi connectivity index (χ1v) is 8.08. The Bertz CT molecular complexity index is 573. The molecule has 21 heavy (non-hydrogen) atoms. The van der Waals surface area contributed by atoms with E-state index in [1.807, 2.05) is 6.26 Å². The summed E-state index contributed by atoms with van der Waals surface area (Å²) in [5, 5.41) is 9.50. The molecule has 1 aromatic heterocycles. The van der Waals surface area contributed by atoms with Gasteiger partial charge in [0.05, 0.1) is 17.7 Å². The lowest BCUT2D eigenvalue weighted by atomic mass is 10.2. The van der Waals surface area contributed by atoms with E-state index in [1.165, 1.54) is 11.8 Å². The number of amides is 1. The highest BCUT2D eigenvalue weighted by molar-refractivity contribution is 7.98. The SMILES string of the molecule is CSc1nc(C)nc(C)c1C(=O)N(CCC(=O)O)C1CC1. The summed E-state index contributed by atoms with van der Waals surface area (Å²) in [6, 6.07) is 0.159. The van der Waals surface area contributed by atoms with Gasteiger partial charge in [-0.15, -0.1) is 11.8 Å². The predicted octanol–water partition coefficient (Wildman–Crippen LogP) is 1.89. The zero-order chi connectivity index (χ0) is 15.6. The minimum atomic E-state index is -0.893. The van der Waals surface area contributed by atoms with Crippen molar-refractivity contribution in [2.24, 2.45) is 0 Å². The number of carboxylic acid groups (broad SMARTS) is 1. The van der Waals surface area contributed by atoms with Gasteiger partial charge in [0, 0.05) is 12.6 Å². The quantitative estimate of drug-likeness (QED) is 0.638. The maximum absolute atomic E-state index is 12.8. The van der Waals surface area contributed by atoms with E-state index in [0.717, 1.165) is 12.8 Å². The van der Waals surface area contributed by atoms with Gasteiger partial charge in [0.15, 0.2) is 0 Å². The minimum Gasteiger partial charge on any atom is -0.481 e. The normalized spacial score (nSPS) is 14.0. The van der Waals surface area contributed by atoms with Crippen LogP contribution in [-0.4, -0.2) is 50.7 Å². The van der Waals surface area contributed by atoms with Gasteiger partial charge in [0.1, 0.15) is 10.9 Å². The Hall–Kier alpha value is -1.63. The van der Waals surface area contributed by atoms with Gasteiger partial charge in [-0.2, -0.15) is 0 Å². The highest BCUT2D eigenvalue weighted by Crippen LogP contribution is 2.30. The maximum atomic E-state index is 12.8. The molecule has 0 saturated heterocycles.